The van der Waals surface area contributed by atoms with E-state index in [2.05, 4.69) is 47.5 Å². The molecule has 0 aliphatic carbocycles. The summed E-state index contributed by atoms with van der Waals surface area (Å²) in [6.45, 7) is 14.2. The molecule has 0 aliphatic rings. The zero-order valence-corrected chi connectivity index (χ0v) is 45.4. The van der Waals surface area contributed by atoms with Crippen molar-refractivity contribution < 1.29 is 63.6 Å². The van der Waals surface area contributed by atoms with Crippen LogP contribution in [-0.4, -0.2) is 147 Å². The van der Waals surface area contributed by atoms with Gasteiger partial charge in [0.1, 0.15) is 59.8 Å². The van der Waals surface area contributed by atoms with Crippen molar-refractivity contribution in [3.63, 3.8) is 0 Å². The Morgan fingerprint density at radius 1 is 0.481 bits per heavy atom. The van der Waals surface area contributed by atoms with Gasteiger partial charge in [-0.3, -0.25) is 43.3 Å². The number of hydrogen-bond donors (Lipinski definition) is 15. The second-order valence-electron chi connectivity index (χ2n) is 20.6. The Bertz CT molecular complexity index is 2320. The fourth-order valence-electron chi connectivity index (χ4n) is 7.74. The van der Waals surface area contributed by atoms with E-state index in [9.17, 15) is 63.6 Å². The molecular weight excluding hydrogens is 1000 g/mol. The summed E-state index contributed by atoms with van der Waals surface area (Å²) >= 11 is 0. The average molecular weight is 1080 g/mol. The smallest absolute Gasteiger partial charge is 0.326 e. The Hall–Kier alpha value is -7.54. The number of nitrogens with one attached hydrogen (secondary N) is 8. The standard InChI is InChI=1S/C52H82N12O13/c1-26(2)21-36(58-43(68)30(9)53)45(70)59-37(22-27(3)4)46(71)62-40(25-65)48(73)64-41(28(5)6)49(74)57-35(11-10-20-56-52(54)55)44(69)63-42(29(7)8)50(75)60-38(23-31-12-16-33(66)17-13-31)47(72)61-39(51(76)77)24-32-14-18-34(67)19-15-32/h12-19,26-30,35-42,65-67H,10-11,20-25,53H2,1-9H3,(H,57,74)(H,58,68)(H,59,70)(H,60,75)(H,61,72)(H,62,71)(H,63,69)(H,64,73)(H,76,77)(H4,54,55,56)/t30-,35-,36-,37-,38-,39-,40-,41-,42-/m0/s1. The summed E-state index contributed by atoms with van der Waals surface area (Å²) in [5.41, 5.74) is 17.7. The molecule has 8 amide bonds. The van der Waals surface area contributed by atoms with Crippen LogP contribution in [0.15, 0.2) is 53.5 Å². The molecule has 9 atom stereocenters. The summed E-state index contributed by atoms with van der Waals surface area (Å²) < 4.78 is 0. The maximum Gasteiger partial charge on any atom is 0.326 e. The van der Waals surface area contributed by atoms with E-state index in [0.717, 1.165) is 0 Å². The summed E-state index contributed by atoms with van der Waals surface area (Å²) in [7, 11) is 0. The van der Waals surface area contributed by atoms with Crippen molar-refractivity contribution >= 4 is 59.2 Å². The van der Waals surface area contributed by atoms with Crippen molar-refractivity contribution in [2.45, 2.75) is 155 Å². The van der Waals surface area contributed by atoms with E-state index in [1.165, 1.54) is 55.5 Å². The molecule has 428 valence electrons. The van der Waals surface area contributed by atoms with E-state index in [0.29, 0.717) is 11.1 Å². The van der Waals surface area contributed by atoms with Crippen LogP contribution in [0.3, 0.4) is 0 Å². The molecule has 0 fully saturated rings. The third kappa shape index (κ3) is 23.5. The molecule has 0 heterocycles. The summed E-state index contributed by atoms with van der Waals surface area (Å²) in [6.07, 6.45) is -0.0177. The fourth-order valence-corrected chi connectivity index (χ4v) is 7.74. The van der Waals surface area contributed by atoms with Crippen LogP contribution < -0.4 is 59.7 Å². The van der Waals surface area contributed by atoms with Crippen LogP contribution in [-0.2, 0) is 56.0 Å². The predicted molar refractivity (Wildman–Crippen MR) is 286 cm³/mol. The molecule has 2 rings (SSSR count). The normalized spacial score (nSPS) is 14.8. The Kier molecular flexibility index (Phi) is 27.4. The maximum absolute atomic E-state index is 14.3. The minimum Gasteiger partial charge on any atom is -0.508 e. The first-order valence-corrected chi connectivity index (χ1v) is 25.7. The molecule has 2 aromatic rings. The second-order valence-corrected chi connectivity index (χ2v) is 20.6. The number of phenols is 2. The number of hydrogen-bond acceptors (Lipinski definition) is 14. The van der Waals surface area contributed by atoms with Gasteiger partial charge in [0.25, 0.3) is 0 Å². The number of aliphatic hydroxyl groups is 1. The number of nitrogens with zero attached hydrogens (tertiary/aromatic N) is 1. The van der Waals surface area contributed by atoms with Gasteiger partial charge in [-0.2, -0.15) is 0 Å². The molecule has 0 bridgehead atoms. The van der Waals surface area contributed by atoms with Crippen LogP contribution in [0.25, 0.3) is 0 Å². The number of carboxylic acids is 1. The van der Waals surface area contributed by atoms with Gasteiger partial charge in [0, 0.05) is 19.4 Å². The lowest BCUT2D eigenvalue weighted by Crippen LogP contribution is -2.62. The van der Waals surface area contributed by atoms with Gasteiger partial charge >= 0.3 is 5.97 Å². The fraction of sp³-hybridized carbons (Fsp3) is 0.577. The van der Waals surface area contributed by atoms with Gasteiger partial charge in [0.05, 0.1) is 12.6 Å². The monoisotopic (exact) mass is 1080 g/mol. The summed E-state index contributed by atoms with van der Waals surface area (Å²) in [5, 5.41) is 60.6. The molecule has 0 radical (unpaired) electrons. The van der Waals surface area contributed by atoms with Gasteiger partial charge in [0.2, 0.25) is 47.3 Å². The second kappa shape index (κ2) is 32.1. The number of phenolic OH excluding ortho intramolecular Hbond substituents is 2. The number of benzene rings is 2. The van der Waals surface area contributed by atoms with E-state index in [-0.39, 0.29) is 74.4 Å². The lowest BCUT2D eigenvalue weighted by atomic mass is 9.99. The Labute approximate surface area is 449 Å². The number of aliphatic hydroxyl groups excluding tert-OH is 1. The third-order valence-corrected chi connectivity index (χ3v) is 12.0. The predicted octanol–water partition coefficient (Wildman–Crippen LogP) is -1.36. The first-order chi connectivity index (χ1) is 36.0. The highest BCUT2D eigenvalue weighted by molar-refractivity contribution is 5.98. The van der Waals surface area contributed by atoms with Crippen LogP contribution in [0, 0.1) is 23.7 Å². The third-order valence-electron chi connectivity index (χ3n) is 12.0. The number of aliphatic imine (C=N–C) groups is 1. The van der Waals surface area contributed by atoms with Crippen molar-refractivity contribution in [1.82, 2.24) is 42.5 Å². The van der Waals surface area contributed by atoms with E-state index < -0.39 is 126 Å². The minimum atomic E-state index is -1.63. The minimum absolute atomic E-state index is 0.0224. The Morgan fingerprint density at radius 3 is 1.22 bits per heavy atom. The van der Waals surface area contributed by atoms with Gasteiger partial charge in [-0.15, -0.1) is 0 Å². The summed E-state index contributed by atoms with van der Waals surface area (Å²) in [5.74, 6) is -9.80. The Morgan fingerprint density at radius 2 is 0.831 bits per heavy atom. The number of guanidine groups is 1. The molecule has 77 heavy (non-hydrogen) atoms. The van der Waals surface area contributed by atoms with Gasteiger partial charge in [-0.05, 0) is 91.7 Å². The van der Waals surface area contributed by atoms with Gasteiger partial charge in [0.15, 0.2) is 5.96 Å². The van der Waals surface area contributed by atoms with Crippen LogP contribution in [0.4, 0.5) is 0 Å². The molecule has 2 aromatic carbocycles. The number of carboxylic acid groups (broad SMARTS) is 1. The van der Waals surface area contributed by atoms with Crippen molar-refractivity contribution in [3.05, 3.63) is 59.7 Å². The molecule has 0 spiro atoms. The lowest BCUT2D eigenvalue weighted by Gasteiger charge is -2.30. The van der Waals surface area contributed by atoms with Crippen molar-refractivity contribution in [2.75, 3.05) is 13.2 Å². The maximum atomic E-state index is 14.3. The highest BCUT2D eigenvalue weighted by atomic mass is 16.4. The first kappa shape index (κ1) is 65.6. The van der Waals surface area contributed by atoms with Crippen LogP contribution in [0.1, 0.15) is 99.1 Å². The molecule has 0 saturated heterocycles. The van der Waals surface area contributed by atoms with E-state index in [1.807, 2.05) is 13.8 Å². The molecule has 18 N–H and O–H groups in total. The molecule has 0 aromatic heterocycles. The van der Waals surface area contributed by atoms with E-state index in [1.54, 1.807) is 41.5 Å². The van der Waals surface area contributed by atoms with Gasteiger partial charge < -0.3 is 80.2 Å². The number of rotatable bonds is 32. The largest absolute Gasteiger partial charge is 0.508 e. The zero-order chi connectivity index (χ0) is 58.3. The Balaban J connectivity index is 2.40. The lowest BCUT2D eigenvalue weighted by molar-refractivity contribution is -0.142. The molecular formula is C52H82N12O13. The SMILES string of the molecule is CC(C)C[C@H](NC(=O)[C@H](C)N)C(=O)N[C@@H](CC(C)C)C(=O)N[C@@H](CO)C(=O)N[C@H](C(=O)N[C@@H](CCCN=C(N)N)C(=O)N[C@H](C(=O)N[C@@H](Cc1ccc(O)cc1)C(=O)N[C@@H](Cc1ccc(O)cc1)C(=O)O)C(C)C)C(C)C. The highest BCUT2D eigenvalue weighted by Crippen LogP contribution is 2.16. The first-order valence-electron chi connectivity index (χ1n) is 25.7. The molecule has 0 unspecified atom stereocenters. The number of aromatic hydroxyl groups is 2. The molecule has 0 saturated carbocycles. The van der Waals surface area contributed by atoms with E-state index >= 15 is 0 Å². The van der Waals surface area contributed by atoms with Crippen LogP contribution in [0.2, 0.25) is 0 Å². The zero-order valence-electron chi connectivity index (χ0n) is 45.4. The quantitative estimate of drug-likeness (QED) is 0.0229. The number of nitrogens with two attached hydrogens (primary N) is 3. The number of carbonyl (C=O) groups is 9. The molecule has 25 nitrogen and oxygen atoms in total. The summed E-state index contributed by atoms with van der Waals surface area (Å²) in [6, 6.07) is -0.431. The number of aliphatic carboxylic acids is 1. The molecule has 25 heteroatoms. The van der Waals surface area contributed by atoms with Crippen molar-refractivity contribution in [2.24, 2.45) is 45.9 Å². The number of carbonyl (C=O) groups excluding carboxylic acids is 8. The van der Waals surface area contributed by atoms with E-state index in [4.69, 9.17) is 17.2 Å². The van der Waals surface area contributed by atoms with Gasteiger partial charge in [-0.1, -0.05) is 79.7 Å². The van der Waals surface area contributed by atoms with Gasteiger partial charge in [-0.25, -0.2) is 4.79 Å². The van der Waals surface area contributed by atoms with Crippen LogP contribution >= 0.6 is 0 Å². The van der Waals surface area contributed by atoms with Crippen molar-refractivity contribution in [3.8, 4) is 11.5 Å². The highest BCUT2D eigenvalue weighted by Gasteiger charge is 2.36. The topological polar surface area (TPSA) is 421 Å². The summed E-state index contributed by atoms with van der Waals surface area (Å²) in [4.78, 5) is 126. The van der Waals surface area contributed by atoms with Crippen LogP contribution in [0.5, 0.6) is 11.5 Å². The number of amides is 8. The van der Waals surface area contributed by atoms with Crippen molar-refractivity contribution in [1.29, 1.82) is 0 Å². The molecule has 0 aliphatic heterocycles. The average Bonchev–Trinajstić information content (AvgIpc) is 3.34.